The molecule has 1 fully saturated rings. The lowest BCUT2D eigenvalue weighted by molar-refractivity contribution is -0.133. The third-order valence-corrected chi connectivity index (χ3v) is 9.39. The number of nitrogens with zero attached hydrogens (tertiary/aromatic N) is 3. The summed E-state index contributed by atoms with van der Waals surface area (Å²) < 4.78 is 6.05. The van der Waals surface area contributed by atoms with Gasteiger partial charge in [-0.1, -0.05) is 30.3 Å². The number of fused-ring (bicyclic) bond motifs is 1. The number of rotatable bonds is 24. The fourth-order valence-corrected chi connectivity index (χ4v) is 6.43. The minimum absolute atomic E-state index is 0.00271. The third-order valence-electron chi connectivity index (χ3n) is 8.58. The van der Waals surface area contributed by atoms with Gasteiger partial charge in [-0.2, -0.15) is 0 Å². The fourth-order valence-electron chi connectivity index (χ4n) is 5.76. The molecule has 1 saturated heterocycles. The molecule has 1 heterocycles. The summed E-state index contributed by atoms with van der Waals surface area (Å²) in [6, 6.07) is 7.91. The summed E-state index contributed by atoms with van der Waals surface area (Å²) in [5.74, 6) is -2.24. The largest absolute Gasteiger partial charge is 0.493 e. The highest BCUT2D eigenvalue weighted by Gasteiger charge is 2.29. The number of carbonyl (C=O) groups excluding carboxylic acids is 6. The van der Waals surface area contributed by atoms with E-state index in [2.05, 4.69) is 36.2 Å². The molecular weight excluding hydrogens is 771 g/mol. The summed E-state index contributed by atoms with van der Waals surface area (Å²) in [5.41, 5.74) is 33.3. The van der Waals surface area contributed by atoms with Crippen molar-refractivity contribution in [2.75, 3.05) is 26.2 Å². The van der Waals surface area contributed by atoms with Crippen LogP contribution in [0.4, 0.5) is 4.79 Å². The maximum Gasteiger partial charge on any atom is 0.290 e. The normalized spacial score (nSPS) is 14.4. The van der Waals surface area contributed by atoms with Crippen LogP contribution in [0, 0.1) is 0 Å². The Morgan fingerprint density at radius 2 is 1.24 bits per heavy atom. The molecule has 20 nitrogen and oxygen atoms in total. The number of aliphatic imine (C=N–C) groups is 3. The quantitative estimate of drug-likeness (QED) is 0.0277. The molecule has 5 amide bonds. The van der Waals surface area contributed by atoms with Gasteiger partial charge in [0.1, 0.15) is 17.8 Å². The van der Waals surface area contributed by atoms with E-state index in [1.165, 1.54) is 6.92 Å². The topological polar surface area (TPSA) is 353 Å². The van der Waals surface area contributed by atoms with Crippen molar-refractivity contribution in [1.29, 1.82) is 0 Å². The van der Waals surface area contributed by atoms with Gasteiger partial charge in [-0.05, 0) is 86.7 Å². The van der Waals surface area contributed by atoms with Gasteiger partial charge in [-0.3, -0.25) is 49.1 Å². The Kier molecular flexibility index (Phi) is 18.7. The minimum Gasteiger partial charge on any atom is -0.493 e. The van der Waals surface area contributed by atoms with Crippen LogP contribution in [0.3, 0.4) is 0 Å². The Morgan fingerprint density at radius 3 is 1.76 bits per heavy atom. The lowest BCUT2D eigenvalue weighted by Crippen LogP contribution is -2.55. The van der Waals surface area contributed by atoms with Crippen molar-refractivity contribution < 1.29 is 33.5 Å². The van der Waals surface area contributed by atoms with Crippen LogP contribution in [0.5, 0.6) is 5.75 Å². The number of hydrogen-bond acceptors (Lipinski definition) is 11. The number of nitrogens with one attached hydrogen (secondary N) is 4. The highest BCUT2D eigenvalue weighted by molar-refractivity contribution is 8.18. The molecule has 1 aliphatic heterocycles. The number of thioether (sulfide) groups is 1. The van der Waals surface area contributed by atoms with E-state index in [9.17, 15) is 28.8 Å². The molecule has 314 valence electrons. The van der Waals surface area contributed by atoms with E-state index in [0.29, 0.717) is 31.4 Å². The van der Waals surface area contributed by atoms with Crippen LogP contribution in [0.25, 0.3) is 16.8 Å². The SMILES string of the molecule is CC(=O)[C@H](CCCN=C(N)N)NC(=O)[C@H](CCCN=C(N)N)NC(=O)[C@H](CCCN=C(N)N)NC(=O)CCCOc1ccc(/C=C2\SC(=O)NC2=O)c2ccccc12. The second-order valence-electron chi connectivity index (χ2n) is 13.2. The average molecular weight is 824 g/mol. The molecule has 0 aliphatic carbocycles. The molecule has 2 aromatic rings. The number of ketones is 1. The van der Waals surface area contributed by atoms with Crippen LogP contribution < -0.4 is 60.4 Å². The molecule has 3 rings (SSSR count). The molecule has 0 saturated carbocycles. The Bertz CT molecular complexity index is 1920. The first-order valence-electron chi connectivity index (χ1n) is 18.6. The Labute approximate surface area is 339 Å². The second-order valence-corrected chi connectivity index (χ2v) is 14.2. The van der Waals surface area contributed by atoms with Gasteiger partial charge in [0.05, 0.1) is 17.6 Å². The van der Waals surface area contributed by atoms with Gasteiger partial charge in [0.15, 0.2) is 23.7 Å². The number of hydrogen-bond donors (Lipinski definition) is 10. The molecule has 1 aliphatic rings. The lowest BCUT2D eigenvalue weighted by Gasteiger charge is -2.25. The van der Waals surface area contributed by atoms with E-state index < -0.39 is 47.0 Å². The van der Waals surface area contributed by atoms with Gasteiger partial charge in [-0.25, -0.2) is 0 Å². The number of guanidine groups is 3. The molecule has 0 aromatic heterocycles. The number of ether oxygens (including phenoxy) is 1. The fraction of sp³-hybridized carbons (Fsp3) is 0.432. The lowest BCUT2D eigenvalue weighted by atomic mass is 10.0. The number of Topliss-reactive ketones (excluding diaryl/α,β-unsaturated/α-hetero) is 1. The Balaban J connectivity index is 1.68. The summed E-state index contributed by atoms with van der Waals surface area (Å²) in [5, 5.41) is 11.6. The Hall–Kier alpha value is -6.38. The predicted molar refractivity (Wildman–Crippen MR) is 224 cm³/mol. The first-order chi connectivity index (χ1) is 27.6. The van der Waals surface area contributed by atoms with E-state index in [1.807, 2.05) is 24.3 Å². The van der Waals surface area contributed by atoms with Crippen molar-refractivity contribution in [2.24, 2.45) is 49.4 Å². The molecule has 16 N–H and O–H groups in total. The highest BCUT2D eigenvalue weighted by Crippen LogP contribution is 2.33. The highest BCUT2D eigenvalue weighted by atomic mass is 32.2. The van der Waals surface area contributed by atoms with Gasteiger partial charge < -0.3 is 55.1 Å². The molecule has 0 bridgehead atoms. The van der Waals surface area contributed by atoms with Gasteiger partial charge in [-0.15, -0.1) is 0 Å². The zero-order valence-electron chi connectivity index (χ0n) is 32.3. The van der Waals surface area contributed by atoms with Crippen LogP contribution in [0.1, 0.15) is 63.9 Å². The van der Waals surface area contributed by atoms with Crippen LogP contribution in [-0.4, -0.2) is 96.9 Å². The second kappa shape index (κ2) is 23.6. The van der Waals surface area contributed by atoms with Crippen LogP contribution in [-0.2, 0) is 24.0 Å². The number of imide groups is 1. The molecule has 2 aromatic carbocycles. The molecular formula is C37H53N13O7S. The minimum atomic E-state index is -1.11. The third kappa shape index (κ3) is 16.0. The van der Waals surface area contributed by atoms with Gasteiger partial charge >= 0.3 is 0 Å². The number of benzene rings is 2. The van der Waals surface area contributed by atoms with Gasteiger partial charge in [0, 0.05) is 31.4 Å². The maximum atomic E-state index is 13.7. The van der Waals surface area contributed by atoms with Crippen molar-refractivity contribution in [3.63, 3.8) is 0 Å². The van der Waals surface area contributed by atoms with Crippen molar-refractivity contribution in [2.45, 2.75) is 76.4 Å². The van der Waals surface area contributed by atoms with Gasteiger partial charge in [0.25, 0.3) is 11.1 Å². The summed E-state index contributed by atoms with van der Waals surface area (Å²) >= 11 is 0.830. The average Bonchev–Trinajstić information content (AvgIpc) is 3.49. The van der Waals surface area contributed by atoms with E-state index in [1.54, 1.807) is 18.2 Å². The van der Waals surface area contributed by atoms with Crippen molar-refractivity contribution in [3.05, 3.63) is 46.9 Å². The zero-order valence-corrected chi connectivity index (χ0v) is 33.1. The van der Waals surface area contributed by atoms with Crippen LogP contribution >= 0.6 is 11.8 Å². The van der Waals surface area contributed by atoms with E-state index in [4.69, 9.17) is 39.1 Å². The predicted octanol–water partition coefficient (Wildman–Crippen LogP) is -0.473. The molecule has 0 unspecified atom stereocenters. The summed E-state index contributed by atoms with van der Waals surface area (Å²) in [7, 11) is 0. The van der Waals surface area contributed by atoms with E-state index in [0.717, 1.165) is 28.1 Å². The Morgan fingerprint density at radius 1 is 0.724 bits per heavy atom. The monoisotopic (exact) mass is 823 g/mol. The summed E-state index contributed by atoms with van der Waals surface area (Å²) in [4.78, 5) is 88.7. The number of carbonyl (C=O) groups is 6. The standard InChI is InChI=1S/C37H53N13O7S/c1-21(51)25(10-4-16-44-34(38)39)48-32(54)27(12-6-18-46-36(42)43)49-31(53)26(11-5-17-45-35(40)41)47-30(52)13-7-19-57-28-15-14-22(23-8-2-3-9-24(23)28)20-29-33(55)50-37(56)58-29/h2-3,8-9,14-15,20,25-27H,4-7,10-13,16-19H2,1H3,(H,47,52)(H,48,54)(H,49,53)(H4,38,39,44)(H4,40,41,45)(H4,42,43,46)(H,50,55,56)/b29-20-/t25-,26-,27-/m0/s1. The molecule has 0 radical (unpaired) electrons. The van der Waals surface area contributed by atoms with E-state index >= 15 is 0 Å². The molecule has 58 heavy (non-hydrogen) atoms. The molecule has 3 atom stereocenters. The molecule has 0 spiro atoms. The van der Waals surface area contributed by atoms with E-state index in [-0.39, 0.29) is 80.5 Å². The summed E-state index contributed by atoms with van der Waals surface area (Å²) in [6.45, 7) is 2.11. The van der Waals surface area contributed by atoms with Crippen molar-refractivity contribution >= 4 is 81.1 Å². The first kappa shape index (κ1) is 46.0. The van der Waals surface area contributed by atoms with Crippen LogP contribution in [0.2, 0.25) is 0 Å². The summed E-state index contributed by atoms with van der Waals surface area (Å²) in [6.07, 6.45) is 3.47. The molecule has 21 heteroatoms. The number of nitrogens with two attached hydrogens (primary N) is 6. The van der Waals surface area contributed by atoms with Crippen molar-refractivity contribution in [1.82, 2.24) is 21.3 Å². The van der Waals surface area contributed by atoms with Crippen molar-refractivity contribution in [3.8, 4) is 5.75 Å². The zero-order chi connectivity index (χ0) is 42.6. The smallest absolute Gasteiger partial charge is 0.290 e. The first-order valence-corrected chi connectivity index (χ1v) is 19.4. The maximum absolute atomic E-state index is 13.7. The van der Waals surface area contributed by atoms with Crippen LogP contribution in [0.15, 0.2) is 56.3 Å². The van der Waals surface area contributed by atoms with Gasteiger partial charge in [0.2, 0.25) is 17.7 Å². The number of amides is 5.